The fraction of sp³-hybridized carbons (Fsp3) is 0.421. The SMILES string of the molecule is CCN(CC(=O)N1CCc2sccc2C1)Cc1ccc2c(c1)OCO2. The Morgan fingerprint density at radius 1 is 1.28 bits per heavy atom. The highest BCUT2D eigenvalue weighted by atomic mass is 32.1. The van der Waals surface area contributed by atoms with Crippen LogP contribution in [-0.2, 0) is 24.3 Å². The van der Waals surface area contributed by atoms with Crippen LogP contribution in [0.1, 0.15) is 22.9 Å². The molecule has 2 aromatic rings. The Kier molecular flexibility index (Phi) is 4.63. The Hall–Kier alpha value is -2.05. The van der Waals surface area contributed by atoms with E-state index in [4.69, 9.17) is 9.47 Å². The van der Waals surface area contributed by atoms with Crippen molar-refractivity contribution in [3.63, 3.8) is 0 Å². The number of amides is 1. The van der Waals surface area contributed by atoms with Gasteiger partial charge in [-0.15, -0.1) is 11.3 Å². The maximum Gasteiger partial charge on any atom is 0.237 e. The van der Waals surface area contributed by atoms with Crippen LogP contribution in [0.3, 0.4) is 0 Å². The molecule has 25 heavy (non-hydrogen) atoms. The van der Waals surface area contributed by atoms with Crippen LogP contribution < -0.4 is 9.47 Å². The molecule has 0 aliphatic carbocycles. The van der Waals surface area contributed by atoms with Gasteiger partial charge in [0.2, 0.25) is 12.7 Å². The van der Waals surface area contributed by atoms with E-state index in [0.29, 0.717) is 6.54 Å². The molecule has 132 valence electrons. The lowest BCUT2D eigenvalue weighted by atomic mass is 10.1. The number of likely N-dealkylation sites (N-methyl/N-ethyl adjacent to an activating group) is 1. The van der Waals surface area contributed by atoms with Gasteiger partial charge >= 0.3 is 0 Å². The minimum absolute atomic E-state index is 0.208. The minimum atomic E-state index is 0.208. The third-order valence-electron chi connectivity index (χ3n) is 4.81. The van der Waals surface area contributed by atoms with Gasteiger partial charge in [0, 0.05) is 24.5 Å². The van der Waals surface area contributed by atoms with Gasteiger partial charge < -0.3 is 14.4 Å². The first kappa shape index (κ1) is 16.4. The van der Waals surface area contributed by atoms with Crippen LogP contribution >= 0.6 is 11.3 Å². The zero-order valence-corrected chi connectivity index (χ0v) is 15.2. The molecule has 0 radical (unpaired) electrons. The Morgan fingerprint density at radius 3 is 3.04 bits per heavy atom. The highest BCUT2D eigenvalue weighted by molar-refractivity contribution is 7.10. The van der Waals surface area contributed by atoms with Crippen LogP contribution in [0.15, 0.2) is 29.6 Å². The van der Waals surface area contributed by atoms with Crippen LogP contribution in [0.4, 0.5) is 0 Å². The number of nitrogens with zero attached hydrogens (tertiary/aromatic N) is 2. The van der Waals surface area contributed by atoms with Crippen molar-refractivity contribution in [2.75, 3.05) is 26.4 Å². The van der Waals surface area contributed by atoms with E-state index < -0.39 is 0 Å². The molecular formula is C19H22N2O3S. The lowest BCUT2D eigenvalue weighted by Crippen LogP contribution is -2.42. The summed E-state index contributed by atoms with van der Waals surface area (Å²) in [6.07, 6.45) is 0.979. The summed E-state index contributed by atoms with van der Waals surface area (Å²) in [6.45, 7) is 5.97. The summed E-state index contributed by atoms with van der Waals surface area (Å²) >= 11 is 1.80. The molecule has 0 saturated carbocycles. The van der Waals surface area contributed by atoms with Gasteiger partial charge in [-0.25, -0.2) is 0 Å². The lowest BCUT2D eigenvalue weighted by molar-refractivity contribution is -0.133. The van der Waals surface area contributed by atoms with E-state index in [1.54, 1.807) is 11.3 Å². The average Bonchev–Trinajstić information content (AvgIpc) is 3.28. The number of benzene rings is 1. The van der Waals surface area contributed by atoms with Crippen molar-refractivity contribution < 1.29 is 14.3 Å². The van der Waals surface area contributed by atoms with Crippen LogP contribution in [0.5, 0.6) is 11.5 Å². The summed E-state index contributed by atoms with van der Waals surface area (Å²) < 4.78 is 10.8. The number of carbonyl (C=O) groups excluding carboxylic acids is 1. The van der Waals surface area contributed by atoms with E-state index in [9.17, 15) is 4.79 Å². The van der Waals surface area contributed by atoms with E-state index in [1.165, 1.54) is 10.4 Å². The molecule has 0 atom stereocenters. The molecule has 0 fully saturated rings. The largest absolute Gasteiger partial charge is 0.454 e. The Labute approximate surface area is 151 Å². The molecule has 2 aliphatic rings. The Morgan fingerprint density at radius 2 is 2.16 bits per heavy atom. The van der Waals surface area contributed by atoms with Gasteiger partial charge in [0.25, 0.3) is 0 Å². The summed E-state index contributed by atoms with van der Waals surface area (Å²) in [5.41, 5.74) is 2.45. The van der Waals surface area contributed by atoms with Crippen molar-refractivity contribution >= 4 is 17.2 Å². The van der Waals surface area contributed by atoms with E-state index in [2.05, 4.69) is 23.3 Å². The number of thiophene rings is 1. The Bertz CT molecular complexity index is 774. The monoisotopic (exact) mass is 358 g/mol. The Balaban J connectivity index is 1.38. The third-order valence-corrected chi connectivity index (χ3v) is 5.83. The fourth-order valence-electron chi connectivity index (χ4n) is 3.33. The molecule has 0 bridgehead atoms. The topological polar surface area (TPSA) is 42.0 Å². The molecule has 0 unspecified atom stereocenters. The molecule has 0 saturated heterocycles. The lowest BCUT2D eigenvalue weighted by Gasteiger charge is -2.29. The zero-order valence-electron chi connectivity index (χ0n) is 14.4. The summed E-state index contributed by atoms with van der Waals surface area (Å²) in [7, 11) is 0. The van der Waals surface area contributed by atoms with Crippen molar-refractivity contribution in [2.24, 2.45) is 0 Å². The number of rotatable bonds is 5. The molecule has 1 amide bonds. The summed E-state index contributed by atoms with van der Waals surface area (Å²) in [5.74, 6) is 1.79. The first-order valence-electron chi connectivity index (χ1n) is 8.67. The first-order chi connectivity index (χ1) is 12.2. The highest BCUT2D eigenvalue weighted by Crippen LogP contribution is 2.32. The fourth-order valence-corrected chi connectivity index (χ4v) is 4.22. The highest BCUT2D eigenvalue weighted by Gasteiger charge is 2.23. The smallest absolute Gasteiger partial charge is 0.237 e. The molecule has 1 aromatic carbocycles. The average molecular weight is 358 g/mol. The van der Waals surface area contributed by atoms with Crippen LogP contribution in [0.25, 0.3) is 0 Å². The molecule has 1 aromatic heterocycles. The van der Waals surface area contributed by atoms with Gasteiger partial charge in [-0.05, 0) is 47.7 Å². The van der Waals surface area contributed by atoms with Crippen LogP contribution in [0, 0.1) is 0 Å². The number of hydrogen-bond donors (Lipinski definition) is 0. The summed E-state index contributed by atoms with van der Waals surface area (Å²) in [4.78, 5) is 18.3. The van der Waals surface area contributed by atoms with Gasteiger partial charge in [0.15, 0.2) is 11.5 Å². The van der Waals surface area contributed by atoms with E-state index >= 15 is 0 Å². The standard InChI is InChI=1S/C19H22N2O3S/c1-2-20(10-14-3-4-16-17(9-14)24-13-23-16)12-19(22)21-7-5-18-15(11-21)6-8-25-18/h3-4,6,8-9H,2,5,7,10-13H2,1H3. The molecule has 5 nitrogen and oxygen atoms in total. The normalized spacial score (nSPS) is 15.5. The third kappa shape index (κ3) is 3.50. The maximum atomic E-state index is 12.7. The molecular weight excluding hydrogens is 336 g/mol. The number of ether oxygens (including phenoxy) is 2. The van der Waals surface area contributed by atoms with Gasteiger partial charge in [-0.2, -0.15) is 0 Å². The van der Waals surface area contributed by atoms with E-state index in [-0.39, 0.29) is 12.7 Å². The van der Waals surface area contributed by atoms with E-state index in [1.807, 2.05) is 23.1 Å². The van der Waals surface area contributed by atoms with Crippen molar-refractivity contribution in [2.45, 2.75) is 26.4 Å². The zero-order chi connectivity index (χ0) is 17.2. The molecule has 2 aliphatic heterocycles. The van der Waals surface area contributed by atoms with Crippen LogP contribution in [0.2, 0.25) is 0 Å². The van der Waals surface area contributed by atoms with Gasteiger partial charge in [0.05, 0.1) is 6.54 Å². The van der Waals surface area contributed by atoms with Crippen molar-refractivity contribution in [1.29, 1.82) is 0 Å². The molecule has 0 spiro atoms. The van der Waals surface area contributed by atoms with Gasteiger partial charge in [-0.3, -0.25) is 9.69 Å². The second kappa shape index (κ2) is 7.06. The number of carbonyl (C=O) groups is 1. The summed E-state index contributed by atoms with van der Waals surface area (Å²) in [6, 6.07) is 8.13. The van der Waals surface area contributed by atoms with Crippen molar-refractivity contribution in [3.05, 3.63) is 45.6 Å². The predicted octanol–water partition coefficient (Wildman–Crippen LogP) is 2.88. The summed E-state index contributed by atoms with van der Waals surface area (Å²) in [5, 5.41) is 2.12. The second-order valence-electron chi connectivity index (χ2n) is 6.43. The second-order valence-corrected chi connectivity index (χ2v) is 7.43. The minimum Gasteiger partial charge on any atom is -0.454 e. The molecule has 4 rings (SSSR count). The van der Waals surface area contributed by atoms with Crippen molar-refractivity contribution in [3.8, 4) is 11.5 Å². The molecule has 0 N–H and O–H groups in total. The van der Waals surface area contributed by atoms with Crippen molar-refractivity contribution in [1.82, 2.24) is 9.80 Å². The first-order valence-corrected chi connectivity index (χ1v) is 9.55. The van der Waals surface area contributed by atoms with Gasteiger partial charge in [0.1, 0.15) is 0 Å². The quantitative estimate of drug-likeness (QED) is 0.824. The predicted molar refractivity (Wildman–Crippen MR) is 97.0 cm³/mol. The number of hydrogen-bond acceptors (Lipinski definition) is 5. The molecule has 3 heterocycles. The maximum absolute atomic E-state index is 12.7. The molecule has 6 heteroatoms. The van der Waals surface area contributed by atoms with E-state index in [0.717, 1.165) is 49.7 Å². The number of fused-ring (bicyclic) bond motifs is 2. The van der Waals surface area contributed by atoms with Crippen LogP contribution in [-0.4, -0.2) is 42.1 Å². The van der Waals surface area contributed by atoms with Gasteiger partial charge in [-0.1, -0.05) is 13.0 Å².